The minimum Gasteiger partial charge on any atom is -0.467 e. The minimum atomic E-state index is -0.229. The van der Waals surface area contributed by atoms with Crippen molar-refractivity contribution in [2.24, 2.45) is 0 Å². The third kappa shape index (κ3) is 4.52. The molecule has 2 N–H and O–H groups in total. The number of furan rings is 1. The maximum atomic E-state index is 12.6. The number of nitrogens with one attached hydrogen (secondary N) is 2. The standard InChI is InChI=1S/C22H24N4O2/c27-22(21-15-18(10-11-23-21)24-16-20-5-4-14-28-20)25-17-6-8-19(9-7-17)26-12-2-1-3-13-26/h4-11,14-15H,1-3,12-13,16H2,(H,23,24)(H,25,27). The van der Waals surface area contributed by atoms with Gasteiger partial charge in [-0.1, -0.05) is 0 Å². The summed E-state index contributed by atoms with van der Waals surface area (Å²) in [5, 5.41) is 6.15. The van der Waals surface area contributed by atoms with Crippen molar-refractivity contribution in [3.8, 4) is 0 Å². The topological polar surface area (TPSA) is 70.4 Å². The van der Waals surface area contributed by atoms with Gasteiger partial charge in [-0.2, -0.15) is 0 Å². The van der Waals surface area contributed by atoms with Crippen molar-refractivity contribution < 1.29 is 9.21 Å². The molecule has 0 atom stereocenters. The van der Waals surface area contributed by atoms with Gasteiger partial charge >= 0.3 is 0 Å². The molecule has 28 heavy (non-hydrogen) atoms. The number of rotatable bonds is 6. The van der Waals surface area contributed by atoms with E-state index in [0.717, 1.165) is 30.2 Å². The summed E-state index contributed by atoms with van der Waals surface area (Å²) in [6.07, 6.45) is 7.06. The second-order valence-corrected chi connectivity index (χ2v) is 6.91. The van der Waals surface area contributed by atoms with Gasteiger partial charge in [0.25, 0.3) is 5.91 Å². The number of piperidine rings is 1. The van der Waals surface area contributed by atoms with Gasteiger partial charge in [0.15, 0.2) is 0 Å². The van der Waals surface area contributed by atoms with Crippen LogP contribution in [0.1, 0.15) is 35.5 Å². The fourth-order valence-corrected chi connectivity index (χ4v) is 3.37. The maximum absolute atomic E-state index is 12.6. The normalized spacial score (nSPS) is 13.9. The van der Waals surface area contributed by atoms with Crippen LogP contribution in [0.2, 0.25) is 0 Å². The van der Waals surface area contributed by atoms with E-state index in [1.807, 2.05) is 30.3 Å². The summed E-state index contributed by atoms with van der Waals surface area (Å²) < 4.78 is 5.30. The Labute approximate surface area is 164 Å². The Bertz CT molecular complexity index is 901. The smallest absolute Gasteiger partial charge is 0.274 e. The largest absolute Gasteiger partial charge is 0.467 e. The van der Waals surface area contributed by atoms with E-state index < -0.39 is 0 Å². The van der Waals surface area contributed by atoms with Crippen LogP contribution < -0.4 is 15.5 Å². The summed E-state index contributed by atoms with van der Waals surface area (Å²) in [6, 6.07) is 15.3. The lowest BCUT2D eigenvalue weighted by molar-refractivity contribution is 0.102. The molecular weight excluding hydrogens is 352 g/mol. The third-order valence-electron chi connectivity index (χ3n) is 4.89. The van der Waals surface area contributed by atoms with Crippen molar-refractivity contribution in [1.29, 1.82) is 0 Å². The molecule has 0 saturated carbocycles. The van der Waals surface area contributed by atoms with Crippen molar-refractivity contribution in [2.75, 3.05) is 28.6 Å². The summed E-state index contributed by atoms with van der Waals surface area (Å²) in [7, 11) is 0. The molecule has 144 valence electrons. The molecule has 4 rings (SSSR count). The molecule has 1 saturated heterocycles. The number of nitrogens with zero attached hydrogens (tertiary/aromatic N) is 2. The summed E-state index contributed by atoms with van der Waals surface area (Å²) in [5.74, 6) is 0.601. The molecule has 3 aromatic rings. The first-order valence-electron chi connectivity index (χ1n) is 9.66. The molecule has 1 aliphatic rings. The third-order valence-corrected chi connectivity index (χ3v) is 4.89. The van der Waals surface area contributed by atoms with Gasteiger partial charge in [-0.05, 0) is 67.8 Å². The zero-order valence-corrected chi connectivity index (χ0v) is 15.7. The van der Waals surface area contributed by atoms with Crippen molar-refractivity contribution in [3.63, 3.8) is 0 Å². The van der Waals surface area contributed by atoms with Gasteiger partial charge in [-0.3, -0.25) is 9.78 Å². The van der Waals surface area contributed by atoms with Gasteiger partial charge in [0, 0.05) is 36.3 Å². The van der Waals surface area contributed by atoms with E-state index in [-0.39, 0.29) is 5.91 Å². The van der Waals surface area contributed by atoms with Gasteiger partial charge in [-0.25, -0.2) is 0 Å². The molecule has 0 unspecified atom stereocenters. The molecule has 1 fully saturated rings. The Morgan fingerprint density at radius 3 is 2.61 bits per heavy atom. The van der Waals surface area contributed by atoms with Crippen molar-refractivity contribution >= 4 is 23.0 Å². The highest BCUT2D eigenvalue weighted by Gasteiger charge is 2.12. The molecule has 0 aliphatic carbocycles. The van der Waals surface area contributed by atoms with Crippen LogP contribution in [0.4, 0.5) is 17.1 Å². The lowest BCUT2D eigenvalue weighted by Gasteiger charge is -2.28. The summed E-state index contributed by atoms with van der Waals surface area (Å²) in [4.78, 5) is 19.1. The lowest BCUT2D eigenvalue weighted by atomic mass is 10.1. The molecule has 3 heterocycles. The molecule has 1 amide bonds. The van der Waals surface area contributed by atoms with Crippen molar-refractivity contribution in [2.45, 2.75) is 25.8 Å². The van der Waals surface area contributed by atoms with E-state index in [2.05, 4.69) is 32.7 Å². The molecule has 0 bridgehead atoms. The van der Waals surface area contributed by atoms with Crippen molar-refractivity contribution in [3.05, 3.63) is 72.4 Å². The van der Waals surface area contributed by atoms with E-state index in [1.165, 1.54) is 24.9 Å². The van der Waals surface area contributed by atoms with Crippen LogP contribution in [0, 0.1) is 0 Å². The Kier molecular flexibility index (Phi) is 5.56. The van der Waals surface area contributed by atoms with Crippen LogP contribution in [0.3, 0.4) is 0 Å². The highest BCUT2D eigenvalue weighted by atomic mass is 16.3. The number of benzene rings is 1. The fourth-order valence-electron chi connectivity index (χ4n) is 3.37. The Morgan fingerprint density at radius 1 is 1.04 bits per heavy atom. The van der Waals surface area contributed by atoms with E-state index in [0.29, 0.717) is 12.2 Å². The molecule has 1 aliphatic heterocycles. The molecule has 6 heteroatoms. The first-order chi connectivity index (χ1) is 13.8. The number of amides is 1. The number of aromatic nitrogens is 1. The summed E-state index contributed by atoms with van der Waals surface area (Å²) >= 11 is 0. The molecule has 0 radical (unpaired) electrons. The predicted octanol–water partition coefficient (Wildman–Crippen LogP) is 4.53. The Morgan fingerprint density at radius 2 is 1.86 bits per heavy atom. The molecule has 0 spiro atoms. The predicted molar refractivity (Wildman–Crippen MR) is 111 cm³/mol. The number of anilines is 3. The first-order valence-corrected chi connectivity index (χ1v) is 9.66. The number of pyridine rings is 1. The van der Waals surface area contributed by atoms with Crippen LogP contribution in [0.25, 0.3) is 0 Å². The van der Waals surface area contributed by atoms with Crippen LogP contribution >= 0.6 is 0 Å². The van der Waals surface area contributed by atoms with E-state index in [1.54, 1.807) is 18.5 Å². The second kappa shape index (κ2) is 8.61. The number of carbonyl (C=O) groups is 1. The van der Waals surface area contributed by atoms with Crippen LogP contribution in [-0.2, 0) is 6.54 Å². The SMILES string of the molecule is O=C(Nc1ccc(N2CCCCC2)cc1)c1cc(NCc2ccco2)ccn1. The van der Waals surface area contributed by atoms with Gasteiger partial charge in [-0.15, -0.1) is 0 Å². The minimum absolute atomic E-state index is 0.229. The zero-order chi connectivity index (χ0) is 19.2. The van der Waals surface area contributed by atoms with E-state index in [9.17, 15) is 4.79 Å². The van der Waals surface area contributed by atoms with E-state index >= 15 is 0 Å². The molecular formula is C22H24N4O2. The van der Waals surface area contributed by atoms with Crippen molar-refractivity contribution in [1.82, 2.24) is 4.98 Å². The van der Waals surface area contributed by atoms with Crippen LogP contribution in [-0.4, -0.2) is 24.0 Å². The summed E-state index contributed by atoms with van der Waals surface area (Å²) in [6.45, 7) is 2.76. The van der Waals surface area contributed by atoms with Gasteiger partial charge in [0.1, 0.15) is 11.5 Å². The highest BCUT2D eigenvalue weighted by molar-refractivity contribution is 6.03. The quantitative estimate of drug-likeness (QED) is 0.661. The summed E-state index contributed by atoms with van der Waals surface area (Å²) in [5.41, 5.74) is 3.16. The van der Waals surface area contributed by atoms with Crippen LogP contribution in [0.5, 0.6) is 0 Å². The molecule has 1 aromatic carbocycles. The number of carbonyl (C=O) groups excluding carboxylic acids is 1. The van der Waals surface area contributed by atoms with Crippen LogP contribution in [0.15, 0.2) is 65.4 Å². The maximum Gasteiger partial charge on any atom is 0.274 e. The molecule has 6 nitrogen and oxygen atoms in total. The number of hydrogen-bond acceptors (Lipinski definition) is 5. The van der Waals surface area contributed by atoms with E-state index in [4.69, 9.17) is 4.42 Å². The van der Waals surface area contributed by atoms with Gasteiger partial charge < -0.3 is 20.0 Å². The Hall–Kier alpha value is -3.28. The average molecular weight is 376 g/mol. The zero-order valence-electron chi connectivity index (χ0n) is 15.7. The lowest BCUT2D eigenvalue weighted by Crippen LogP contribution is -2.29. The average Bonchev–Trinajstić information content (AvgIpc) is 3.27. The second-order valence-electron chi connectivity index (χ2n) is 6.91. The molecule has 2 aromatic heterocycles. The van der Waals surface area contributed by atoms with Gasteiger partial charge in [0.05, 0.1) is 12.8 Å². The van der Waals surface area contributed by atoms with Gasteiger partial charge in [0.2, 0.25) is 0 Å². The fraction of sp³-hybridized carbons (Fsp3) is 0.273. The highest BCUT2D eigenvalue weighted by Crippen LogP contribution is 2.22. The first kappa shape index (κ1) is 18.1. The monoisotopic (exact) mass is 376 g/mol. The Balaban J connectivity index is 1.37. The number of hydrogen-bond donors (Lipinski definition) is 2.